The first kappa shape index (κ1) is 19.0. The highest BCUT2D eigenvalue weighted by atomic mass is 19.1. The van der Waals surface area contributed by atoms with Crippen molar-refractivity contribution in [3.8, 4) is 6.07 Å². The van der Waals surface area contributed by atoms with Crippen LogP contribution in [0.4, 0.5) is 10.2 Å². The van der Waals surface area contributed by atoms with Gasteiger partial charge < -0.3 is 9.47 Å². The summed E-state index contributed by atoms with van der Waals surface area (Å²) in [6, 6.07) is 9.41. The molecule has 2 aliphatic rings. The Balaban J connectivity index is 1.34. The van der Waals surface area contributed by atoms with Gasteiger partial charge >= 0.3 is 0 Å². The summed E-state index contributed by atoms with van der Waals surface area (Å²) in [5.74, 6) is 0.823. The normalized spacial score (nSPS) is 17.1. The average Bonchev–Trinajstić information content (AvgIpc) is 3.13. The Hall–Kier alpha value is -2.98. The summed E-state index contributed by atoms with van der Waals surface area (Å²) in [6.45, 7) is 5.35. The Labute approximate surface area is 175 Å². The molecule has 0 bridgehead atoms. The van der Waals surface area contributed by atoms with E-state index in [1.807, 2.05) is 12.1 Å². The van der Waals surface area contributed by atoms with Gasteiger partial charge in [0.15, 0.2) is 5.82 Å². The van der Waals surface area contributed by atoms with Gasteiger partial charge in [0.1, 0.15) is 29.2 Å². The molecular formula is C23H25FN6. The number of aromatic nitrogens is 3. The Morgan fingerprint density at radius 2 is 1.87 bits per heavy atom. The van der Waals surface area contributed by atoms with Crippen molar-refractivity contribution in [3.05, 3.63) is 53.2 Å². The zero-order valence-corrected chi connectivity index (χ0v) is 17.0. The van der Waals surface area contributed by atoms with E-state index >= 15 is 0 Å². The van der Waals surface area contributed by atoms with E-state index in [1.165, 1.54) is 6.07 Å². The molecule has 0 saturated carbocycles. The molecular weight excluding hydrogens is 379 g/mol. The summed E-state index contributed by atoms with van der Waals surface area (Å²) >= 11 is 0. The lowest BCUT2D eigenvalue weighted by Gasteiger charge is -2.35. The molecule has 4 heterocycles. The Morgan fingerprint density at radius 1 is 1.03 bits per heavy atom. The van der Waals surface area contributed by atoms with Crippen LogP contribution in [-0.4, -0.2) is 52.2 Å². The number of nitrogens with zero attached hydrogens (tertiary/aromatic N) is 6. The van der Waals surface area contributed by atoms with Gasteiger partial charge in [-0.15, -0.1) is 0 Å². The van der Waals surface area contributed by atoms with Crippen molar-refractivity contribution in [3.63, 3.8) is 0 Å². The molecule has 1 fully saturated rings. The fourth-order valence-electron chi connectivity index (χ4n) is 4.79. The zero-order chi connectivity index (χ0) is 20.5. The number of benzene rings is 1. The number of halogens is 1. The van der Waals surface area contributed by atoms with E-state index in [1.54, 1.807) is 12.4 Å². The third-order valence-corrected chi connectivity index (χ3v) is 6.41. The van der Waals surface area contributed by atoms with Gasteiger partial charge in [-0.25, -0.2) is 14.4 Å². The molecule has 0 radical (unpaired) electrons. The Bertz CT molecular complexity index is 1110. The largest absolute Gasteiger partial charge is 0.352 e. The average molecular weight is 404 g/mol. The zero-order valence-electron chi connectivity index (χ0n) is 17.0. The van der Waals surface area contributed by atoms with Gasteiger partial charge in [-0.05, 0) is 37.3 Å². The molecule has 0 spiro atoms. The number of anilines is 1. The van der Waals surface area contributed by atoms with Crippen molar-refractivity contribution in [2.45, 2.75) is 32.2 Å². The molecule has 0 N–H and O–H groups in total. The number of hydrogen-bond donors (Lipinski definition) is 0. The highest BCUT2D eigenvalue weighted by Crippen LogP contribution is 2.34. The second kappa shape index (κ2) is 8.04. The van der Waals surface area contributed by atoms with E-state index < -0.39 is 0 Å². The van der Waals surface area contributed by atoms with Crippen LogP contribution in [0.15, 0.2) is 30.6 Å². The molecule has 6 nitrogen and oxygen atoms in total. The predicted octanol–water partition coefficient (Wildman–Crippen LogP) is 3.14. The van der Waals surface area contributed by atoms with Crippen LogP contribution in [0.25, 0.3) is 11.0 Å². The van der Waals surface area contributed by atoms with Crippen molar-refractivity contribution >= 4 is 16.9 Å². The molecule has 0 amide bonds. The van der Waals surface area contributed by atoms with Crippen molar-refractivity contribution in [2.24, 2.45) is 0 Å². The summed E-state index contributed by atoms with van der Waals surface area (Å²) in [7, 11) is 0. The van der Waals surface area contributed by atoms with Gasteiger partial charge in [-0.3, -0.25) is 4.90 Å². The number of rotatable bonds is 4. The summed E-state index contributed by atoms with van der Waals surface area (Å²) in [5, 5.41) is 9.72. The lowest BCUT2D eigenvalue weighted by molar-refractivity contribution is 0.259. The van der Waals surface area contributed by atoms with Gasteiger partial charge in [0.2, 0.25) is 0 Å². The molecule has 7 heteroatoms. The monoisotopic (exact) mass is 404 g/mol. The molecule has 0 atom stereocenters. The lowest BCUT2D eigenvalue weighted by atomic mass is 10.1. The minimum Gasteiger partial charge on any atom is -0.352 e. The molecule has 1 aromatic carbocycles. The topological polar surface area (TPSA) is 61.0 Å². The van der Waals surface area contributed by atoms with Crippen LogP contribution in [0.2, 0.25) is 0 Å². The highest BCUT2D eigenvalue weighted by Gasteiger charge is 2.27. The molecule has 0 aliphatic carbocycles. The van der Waals surface area contributed by atoms with Crippen LogP contribution in [0.3, 0.4) is 0 Å². The molecule has 154 valence electrons. The quantitative estimate of drug-likeness (QED) is 0.669. The molecule has 2 aromatic heterocycles. The van der Waals surface area contributed by atoms with Crippen LogP contribution in [-0.2, 0) is 19.4 Å². The number of hydrogen-bond acceptors (Lipinski definition) is 5. The molecule has 1 saturated heterocycles. The van der Waals surface area contributed by atoms with E-state index in [4.69, 9.17) is 0 Å². The second-order valence-electron chi connectivity index (χ2n) is 8.11. The molecule has 30 heavy (non-hydrogen) atoms. The smallest absolute Gasteiger partial charge is 0.156 e. The Morgan fingerprint density at radius 3 is 2.67 bits per heavy atom. The van der Waals surface area contributed by atoms with Gasteiger partial charge in [0, 0.05) is 45.0 Å². The van der Waals surface area contributed by atoms with E-state index in [-0.39, 0.29) is 5.82 Å². The van der Waals surface area contributed by atoms with E-state index in [0.717, 1.165) is 98.6 Å². The minimum absolute atomic E-state index is 0.120. The van der Waals surface area contributed by atoms with E-state index in [0.29, 0.717) is 0 Å². The Kier molecular flexibility index (Phi) is 5.09. The van der Waals surface area contributed by atoms with Crippen molar-refractivity contribution in [2.75, 3.05) is 37.6 Å². The third kappa shape index (κ3) is 3.31. The third-order valence-electron chi connectivity index (χ3n) is 6.41. The first-order valence-electron chi connectivity index (χ1n) is 10.7. The van der Waals surface area contributed by atoms with E-state index in [2.05, 4.69) is 30.4 Å². The predicted molar refractivity (Wildman–Crippen MR) is 114 cm³/mol. The summed E-state index contributed by atoms with van der Waals surface area (Å²) in [4.78, 5) is 13.8. The number of piperazine rings is 1. The summed E-state index contributed by atoms with van der Waals surface area (Å²) in [5.41, 5.74) is 4.42. The minimum atomic E-state index is -0.120. The number of fused-ring (bicyclic) bond motifs is 3. The first-order valence-corrected chi connectivity index (χ1v) is 10.7. The SMILES string of the molecule is N#Cc1c2n(c3c(N4CCN(CCc5ccccc5F)CC4)ncnc13)CCCC2. The van der Waals surface area contributed by atoms with Gasteiger partial charge in [0.25, 0.3) is 0 Å². The number of nitriles is 1. The van der Waals surface area contributed by atoms with Crippen LogP contribution in [0.5, 0.6) is 0 Å². The van der Waals surface area contributed by atoms with E-state index in [9.17, 15) is 9.65 Å². The fourth-order valence-corrected chi connectivity index (χ4v) is 4.79. The number of aryl methyl sites for hydroxylation is 1. The van der Waals surface area contributed by atoms with Crippen LogP contribution >= 0.6 is 0 Å². The van der Waals surface area contributed by atoms with Crippen molar-refractivity contribution < 1.29 is 4.39 Å². The molecule has 0 unspecified atom stereocenters. The fraction of sp³-hybridized carbons (Fsp3) is 0.435. The van der Waals surface area contributed by atoms with Gasteiger partial charge in [-0.1, -0.05) is 18.2 Å². The highest BCUT2D eigenvalue weighted by molar-refractivity contribution is 5.92. The van der Waals surface area contributed by atoms with Gasteiger partial charge in [-0.2, -0.15) is 5.26 Å². The first-order chi connectivity index (χ1) is 14.8. The maximum atomic E-state index is 13.9. The standard InChI is InChI=1S/C23H25FN6/c24-19-6-2-1-5-17(19)8-10-28-11-13-29(14-12-28)23-22-21(26-16-27-23)18(15-25)20-7-3-4-9-30(20)22/h1-2,5-6,16H,3-4,7-14H2. The van der Waals surface area contributed by atoms with Crippen LogP contribution < -0.4 is 4.90 Å². The maximum Gasteiger partial charge on any atom is 0.156 e. The van der Waals surface area contributed by atoms with Gasteiger partial charge in [0.05, 0.1) is 5.56 Å². The van der Waals surface area contributed by atoms with Crippen molar-refractivity contribution in [1.29, 1.82) is 5.26 Å². The summed E-state index contributed by atoms with van der Waals surface area (Å²) < 4.78 is 16.2. The van der Waals surface area contributed by atoms with Crippen LogP contribution in [0, 0.1) is 17.1 Å². The molecule has 2 aliphatic heterocycles. The summed E-state index contributed by atoms with van der Waals surface area (Å²) in [6.07, 6.45) is 5.49. The van der Waals surface area contributed by atoms with Crippen molar-refractivity contribution in [1.82, 2.24) is 19.4 Å². The molecule has 5 rings (SSSR count). The second-order valence-corrected chi connectivity index (χ2v) is 8.11. The lowest BCUT2D eigenvalue weighted by Crippen LogP contribution is -2.47. The molecule has 3 aromatic rings. The van der Waals surface area contributed by atoms with Crippen LogP contribution in [0.1, 0.15) is 29.7 Å². The maximum absolute atomic E-state index is 13.9.